The van der Waals surface area contributed by atoms with Gasteiger partial charge in [-0.15, -0.1) is 0 Å². The summed E-state index contributed by atoms with van der Waals surface area (Å²) in [5, 5.41) is 4.49. The van der Waals surface area contributed by atoms with Gasteiger partial charge in [0.25, 0.3) is 10.0 Å². The van der Waals surface area contributed by atoms with Crippen molar-refractivity contribution < 1.29 is 16.8 Å². The third-order valence-electron chi connectivity index (χ3n) is 4.84. The second-order valence-electron chi connectivity index (χ2n) is 7.22. The zero-order chi connectivity index (χ0) is 22.1. The van der Waals surface area contributed by atoms with E-state index in [9.17, 15) is 16.8 Å². The summed E-state index contributed by atoms with van der Waals surface area (Å²) in [5.41, 5.74) is 2.43. The van der Waals surface area contributed by atoms with Crippen LogP contribution in [0.1, 0.15) is 23.6 Å². The molecule has 0 radical (unpaired) electrons. The van der Waals surface area contributed by atoms with Crippen LogP contribution in [0.15, 0.2) is 94.9 Å². The monoisotopic (exact) mass is 455 g/mol. The first-order valence-corrected chi connectivity index (χ1v) is 12.9. The molecule has 7 nitrogen and oxygen atoms in total. The van der Waals surface area contributed by atoms with E-state index in [0.717, 1.165) is 16.2 Å². The molecule has 0 fully saturated rings. The van der Waals surface area contributed by atoms with E-state index >= 15 is 0 Å². The molecule has 1 unspecified atom stereocenters. The van der Waals surface area contributed by atoms with Crippen LogP contribution in [0.4, 0.5) is 5.69 Å². The maximum absolute atomic E-state index is 13.4. The molecule has 0 aromatic heterocycles. The highest BCUT2D eigenvalue weighted by atomic mass is 32.2. The number of anilines is 1. The standard InChI is InChI=1S/C22H21N3O4S2/c1-30(26,27)24-19-12-8-11-18(15-19)21-16-22(17-9-4-2-5-10-17)25(23-21)31(28,29)20-13-6-3-7-14-20/h2-15,22,24H,16H2,1H3. The number of nitrogens with zero attached hydrogens (tertiary/aromatic N) is 2. The van der Waals surface area contributed by atoms with E-state index < -0.39 is 26.1 Å². The maximum Gasteiger partial charge on any atom is 0.279 e. The van der Waals surface area contributed by atoms with Gasteiger partial charge in [0.2, 0.25) is 10.0 Å². The average molecular weight is 456 g/mol. The highest BCUT2D eigenvalue weighted by molar-refractivity contribution is 7.92. The van der Waals surface area contributed by atoms with Crippen molar-refractivity contribution >= 4 is 31.4 Å². The van der Waals surface area contributed by atoms with Crippen LogP contribution in [0.2, 0.25) is 0 Å². The fraction of sp³-hybridized carbons (Fsp3) is 0.136. The Labute approximate surface area is 182 Å². The molecule has 0 saturated heterocycles. The molecule has 1 aliphatic heterocycles. The molecule has 1 N–H and O–H groups in total. The third-order valence-corrected chi connectivity index (χ3v) is 7.15. The van der Waals surface area contributed by atoms with Crippen molar-refractivity contribution in [2.45, 2.75) is 17.4 Å². The molecular formula is C22H21N3O4S2. The Bertz CT molecular complexity index is 1320. The van der Waals surface area contributed by atoms with Gasteiger partial charge in [-0.05, 0) is 35.4 Å². The lowest BCUT2D eigenvalue weighted by Crippen LogP contribution is -2.27. The van der Waals surface area contributed by atoms with Gasteiger partial charge >= 0.3 is 0 Å². The number of hydrazone groups is 1. The van der Waals surface area contributed by atoms with Crippen LogP contribution in [-0.4, -0.2) is 33.2 Å². The van der Waals surface area contributed by atoms with Crippen molar-refractivity contribution in [3.63, 3.8) is 0 Å². The molecule has 1 atom stereocenters. The Morgan fingerprint density at radius 2 is 1.52 bits per heavy atom. The summed E-state index contributed by atoms with van der Waals surface area (Å²) < 4.78 is 53.5. The van der Waals surface area contributed by atoms with Crippen LogP contribution >= 0.6 is 0 Å². The van der Waals surface area contributed by atoms with Crippen molar-refractivity contribution in [3.8, 4) is 0 Å². The normalized spacial score (nSPS) is 16.7. The zero-order valence-corrected chi connectivity index (χ0v) is 18.3. The first-order chi connectivity index (χ1) is 14.7. The molecule has 0 aliphatic carbocycles. The van der Waals surface area contributed by atoms with Crippen molar-refractivity contribution in [2.75, 3.05) is 11.0 Å². The van der Waals surface area contributed by atoms with Gasteiger partial charge in [0.15, 0.2) is 0 Å². The van der Waals surface area contributed by atoms with Crippen LogP contribution < -0.4 is 4.72 Å². The second-order valence-corrected chi connectivity index (χ2v) is 10.8. The molecule has 31 heavy (non-hydrogen) atoms. The van der Waals surface area contributed by atoms with Crippen LogP contribution in [0, 0.1) is 0 Å². The molecule has 0 bridgehead atoms. The van der Waals surface area contributed by atoms with E-state index in [-0.39, 0.29) is 4.90 Å². The number of benzene rings is 3. The number of hydrogen-bond donors (Lipinski definition) is 1. The minimum Gasteiger partial charge on any atom is -0.284 e. The van der Waals surface area contributed by atoms with Gasteiger partial charge in [-0.1, -0.05) is 60.7 Å². The Hall–Kier alpha value is -3.17. The van der Waals surface area contributed by atoms with E-state index in [4.69, 9.17) is 0 Å². The third kappa shape index (κ3) is 4.62. The number of sulfonamides is 2. The predicted molar refractivity (Wildman–Crippen MR) is 121 cm³/mol. The van der Waals surface area contributed by atoms with Gasteiger partial charge in [-0.3, -0.25) is 4.72 Å². The van der Waals surface area contributed by atoms with Gasteiger partial charge in [-0.2, -0.15) is 17.9 Å². The predicted octanol–water partition coefficient (Wildman–Crippen LogP) is 3.60. The average Bonchev–Trinajstić information content (AvgIpc) is 3.21. The SMILES string of the molecule is CS(=O)(=O)Nc1cccc(C2=NN(S(=O)(=O)c3ccccc3)C(c3ccccc3)C2)c1. The summed E-state index contributed by atoms with van der Waals surface area (Å²) >= 11 is 0. The van der Waals surface area contributed by atoms with E-state index in [1.807, 2.05) is 30.3 Å². The van der Waals surface area contributed by atoms with Gasteiger partial charge < -0.3 is 0 Å². The van der Waals surface area contributed by atoms with Crippen molar-refractivity contribution in [2.24, 2.45) is 5.10 Å². The second kappa shape index (κ2) is 8.16. The fourth-order valence-electron chi connectivity index (χ4n) is 3.48. The number of rotatable bonds is 6. The molecular weight excluding hydrogens is 434 g/mol. The molecule has 1 aliphatic rings. The van der Waals surface area contributed by atoms with E-state index in [1.54, 1.807) is 54.6 Å². The summed E-state index contributed by atoms with van der Waals surface area (Å²) in [7, 11) is -7.32. The minimum absolute atomic E-state index is 0.161. The Kier molecular flexibility index (Phi) is 5.55. The van der Waals surface area contributed by atoms with E-state index in [1.165, 1.54) is 0 Å². The van der Waals surface area contributed by atoms with Crippen LogP contribution in [0.5, 0.6) is 0 Å². The summed E-state index contributed by atoms with van der Waals surface area (Å²) in [6.07, 6.45) is 1.44. The van der Waals surface area contributed by atoms with Crippen molar-refractivity contribution in [1.82, 2.24) is 4.41 Å². The highest BCUT2D eigenvalue weighted by Crippen LogP contribution is 2.37. The Morgan fingerprint density at radius 3 is 2.16 bits per heavy atom. The molecule has 0 saturated carbocycles. The largest absolute Gasteiger partial charge is 0.284 e. The van der Waals surface area contributed by atoms with Crippen LogP contribution in [0.3, 0.4) is 0 Å². The summed E-state index contributed by atoms with van der Waals surface area (Å²) in [6.45, 7) is 0. The Morgan fingerprint density at radius 1 is 0.871 bits per heavy atom. The minimum atomic E-state index is -3.88. The first kappa shape index (κ1) is 21.1. The van der Waals surface area contributed by atoms with E-state index in [2.05, 4.69) is 9.82 Å². The molecule has 4 rings (SSSR count). The summed E-state index contributed by atoms with van der Waals surface area (Å²) in [5.74, 6) is 0. The van der Waals surface area contributed by atoms with E-state index in [0.29, 0.717) is 23.4 Å². The van der Waals surface area contributed by atoms with Crippen LogP contribution in [-0.2, 0) is 20.0 Å². The van der Waals surface area contributed by atoms with Crippen molar-refractivity contribution in [3.05, 3.63) is 96.1 Å². The molecule has 1 heterocycles. The van der Waals surface area contributed by atoms with Crippen LogP contribution in [0.25, 0.3) is 0 Å². The van der Waals surface area contributed by atoms with Gasteiger partial charge in [0.05, 0.1) is 22.9 Å². The highest BCUT2D eigenvalue weighted by Gasteiger charge is 2.37. The molecule has 160 valence electrons. The molecule has 3 aromatic carbocycles. The van der Waals surface area contributed by atoms with Gasteiger partial charge in [-0.25, -0.2) is 8.42 Å². The fourth-order valence-corrected chi connectivity index (χ4v) is 5.49. The Balaban J connectivity index is 1.77. The quantitative estimate of drug-likeness (QED) is 0.614. The maximum atomic E-state index is 13.4. The van der Waals surface area contributed by atoms with Gasteiger partial charge in [0.1, 0.15) is 0 Å². The lowest BCUT2D eigenvalue weighted by atomic mass is 9.99. The molecule has 0 spiro atoms. The summed E-state index contributed by atoms with van der Waals surface area (Å²) in [4.78, 5) is 0.161. The molecule has 3 aromatic rings. The zero-order valence-electron chi connectivity index (χ0n) is 16.7. The lowest BCUT2D eigenvalue weighted by molar-refractivity contribution is 0.371. The summed E-state index contributed by atoms with van der Waals surface area (Å²) in [6, 6.07) is 23.8. The molecule has 9 heteroatoms. The topological polar surface area (TPSA) is 95.9 Å². The van der Waals surface area contributed by atoms with Crippen molar-refractivity contribution in [1.29, 1.82) is 0 Å². The van der Waals surface area contributed by atoms with Gasteiger partial charge in [0, 0.05) is 12.1 Å². The lowest BCUT2D eigenvalue weighted by Gasteiger charge is -2.23. The number of hydrogen-bond acceptors (Lipinski definition) is 5. The molecule has 0 amide bonds. The number of nitrogens with one attached hydrogen (secondary N) is 1. The first-order valence-electron chi connectivity index (χ1n) is 9.54. The smallest absolute Gasteiger partial charge is 0.279 e.